The molecule has 3 rings (SSSR count). The molecule has 1 fully saturated rings. The van der Waals surface area contributed by atoms with Crippen LogP contribution in [-0.4, -0.2) is 20.4 Å². The third kappa shape index (κ3) is 4.07. The fourth-order valence-electron chi connectivity index (χ4n) is 3.31. The molecule has 1 aliphatic rings. The zero-order chi connectivity index (χ0) is 18.7. The summed E-state index contributed by atoms with van der Waals surface area (Å²) in [6, 6.07) is 12.0. The highest BCUT2D eigenvalue weighted by atomic mass is 32.2. The summed E-state index contributed by atoms with van der Waals surface area (Å²) in [5.74, 6) is -0.221. The van der Waals surface area contributed by atoms with Gasteiger partial charge in [0.15, 0.2) is 0 Å². The number of rotatable bonds is 5. The van der Waals surface area contributed by atoms with Crippen molar-refractivity contribution in [2.24, 2.45) is 0 Å². The number of carbonyl (C=O) groups is 1. The van der Waals surface area contributed by atoms with Crippen molar-refractivity contribution in [1.82, 2.24) is 5.32 Å². The molecule has 0 aromatic heterocycles. The van der Waals surface area contributed by atoms with E-state index in [1.807, 2.05) is 32.0 Å². The predicted molar refractivity (Wildman–Crippen MR) is 103 cm³/mol. The van der Waals surface area contributed by atoms with Crippen LogP contribution in [0.2, 0.25) is 0 Å². The Labute approximate surface area is 154 Å². The van der Waals surface area contributed by atoms with E-state index in [4.69, 9.17) is 0 Å². The summed E-state index contributed by atoms with van der Waals surface area (Å²) in [7, 11) is -3.77. The van der Waals surface area contributed by atoms with Crippen molar-refractivity contribution < 1.29 is 13.2 Å². The predicted octanol–water partition coefficient (Wildman–Crippen LogP) is 3.78. The molecule has 2 N–H and O–H groups in total. The van der Waals surface area contributed by atoms with E-state index in [1.54, 1.807) is 12.1 Å². The fraction of sp³-hybridized carbons (Fsp3) is 0.350. The maximum atomic E-state index is 12.8. The zero-order valence-corrected chi connectivity index (χ0v) is 15.9. The molecule has 1 aliphatic carbocycles. The average molecular weight is 372 g/mol. The van der Waals surface area contributed by atoms with Crippen LogP contribution >= 0.6 is 0 Å². The molecule has 0 radical (unpaired) electrons. The van der Waals surface area contributed by atoms with Gasteiger partial charge in [-0.2, -0.15) is 0 Å². The molecular formula is C20H24N2O3S. The Hall–Kier alpha value is -2.34. The van der Waals surface area contributed by atoms with Gasteiger partial charge in [-0.05, 0) is 56.0 Å². The Balaban J connectivity index is 1.83. The van der Waals surface area contributed by atoms with Crippen LogP contribution < -0.4 is 10.0 Å². The third-order valence-corrected chi connectivity index (χ3v) is 6.16. The molecule has 0 atom stereocenters. The first-order valence-electron chi connectivity index (χ1n) is 8.87. The van der Waals surface area contributed by atoms with Gasteiger partial charge in [0.2, 0.25) is 0 Å². The summed E-state index contributed by atoms with van der Waals surface area (Å²) in [6.07, 6.45) is 4.22. The van der Waals surface area contributed by atoms with Gasteiger partial charge in [0.1, 0.15) is 0 Å². The molecule has 26 heavy (non-hydrogen) atoms. The normalized spacial score (nSPS) is 15.0. The van der Waals surface area contributed by atoms with Crippen molar-refractivity contribution in [3.63, 3.8) is 0 Å². The fourth-order valence-corrected chi connectivity index (χ4v) is 4.56. The van der Waals surface area contributed by atoms with Crippen molar-refractivity contribution >= 4 is 21.6 Å². The molecule has 2 aromatic rings. The summed E-state index contributed by atoms with van der Waals surface area (Å²) in [5.41, 5.74) is 2.64. The van der Waals surface area contributed by atoms with E-state index in [0.717, 1.165) is 36.8 Å². The largest absolute Gasteiger partial charge is 0.349 e. The molecule has 1 saturated carbocycles. The summed E-state index contributed by atoms with van der Waals surface area (Å²) < 4.78 is 28.2. The van der Waals surface area contributed by atoms with E-state index in [0.29, 0.717) is 11.3 Å². The van der Waals surface area contributed by atoms with E-state index >= 15 is 0 Å². The number of nitrogens with one attached hydrogen (secondary N) is 2. The van der Waals surface area contributed by atoms with Gasteiger partial charge in [-0.25, -0.2) is 8.42 Å². The highest BCUT2D eigenvalue weighted by Crippen LogP contribution is 2.24. The number of benzene rings is 2. The maximum Gasteiger partial charge on any atom is 0.261 e. The summed E-state index contributed by atoms with van der Waals surface area (Å²) >= 11 is 0. The van der Waals surface area contributed by atoms with Gasteiger partial charge in [-0.1, -0.05) is 37.1 Å². The van der Waals surface area contributed by atoms with Gasteiger partial charge >= 0.3 is 0 Å². The zero-order valence-electron chi connectivity index (χ0n) is 15.1. The Morgan fingerprint density at radius 2 is 1.62 bits per heavy atom. The van der Waals surface area contributed by atoms with E-state index in [1.165, 1.54) is 12.1 Å². The number of sulfonamides is 1. The first-order chi connectivity index (χ1) is 12.4. The minimum Gasteiger partial charge on any atom is -0.349 e. The molecule has 0 heterocycles. The first kappa shape index (κ1) is 18.5. The second-order valence-corrected chi connectivity index (χ2v) is 8.54. The monoisotopic (exact) mass is 372 g/mol. The average Bonchev–Trinajstić information content (AvgIpc) is 3.11. The van der Waals surface area contributed by atoms with Gasteiger partial charge in [-0.15, -0.1) is 0 Å². The second-order valence-electron chi connectivity index (χ2n) is 6.85. The van der Waals surface area contributed by atoms with E-state index in [9.17, 15) is 13.2 Å². The number of para-hydroxylation sites is 1. The quantitative estimate of drug-likeness (QED) is 0.839. The van der Waals surface area contributed by atoms with E-state index in [2.05, 4.69) is 10.0 Å². The first-order valence-corrected chi connectivity index (χ1v) is 10.3. The van der Waals surface area contributed by atoms with Crippen molar-refractivity contribution in [1.29, 1.82) is 0 Å². The van der Waals surface area contributed by atoms with Crippen LogP contribution in [0.3, 0.4) is 0 Å². The van der Waals surface area contributed by atoms with Gasteiger partial charge < -0.3 is 5.32 Å². The Morgan fingerprint density at radius 3 is 2.27 bits per heavy atom. The van der Waals surface area contributed by atoms with Gasteiger partial charge in [-0.3, -0.25) is 9.52 Å². The SMILES string of the molecule is Cc1cccc(C)c1NS(=O)(=O)c1cccc(C(=O)NC2CCCC2)c1. The second kappa shape index (κ2) is 7.50. The minimum atomic E-state index is -3.77. The van der Waals surface area contributed by atoms with Crippen LogP contribution in [-0.2, 0) is 10.0 Å². The third-order valence-electron chi connectivity index (χ3n) is 4.81. The summed E-state index contributed by atoms with van der Waals surface area (Å²) in [5, 5.41) is 2.99. The topological polar surface area (TPSA) is 75.3 Å². The lowest BCUT2D eigenvalue weighted by molar-refractivity contribution is 0.0937. The van der Waals surface area contributed by atoms with Crippen molar-refractivity contribution in [3.8, 4) is 0 Å². The van der Waals surface area contributed by atoms with Crippen LogP contribution in [0.1, 0.15) is 47.2 Å². The minimum absolute atomic E-state index is 0.0826. The smallest absolute Gasteiger partial charge is 0.261 e. The van der Waals surface area contributed by atoms with Gasteiger partial charge in [0.25, 0.3) is 15.9 Å². The molecule has 0 saturated heterocycles. The van der Waals surface area contributed by atoms with Crippen molar-refractivity contribution in [2.75, 3.05) is 4.72 Å². The van der Waals surface area contributed by atoms with Crippen LogP contribution in [0.25, 0.3) is 0 Å². The lowest BCUT2D eigenvalue weighted by atomic mass is 10.1. The number of carbonyl (C=O) groups excluding carboxylic acids is 1. The van der Waals surface area contributed by atoms with Crippen molar-refractivity contribution in [2.45, 2.75) is 50.5 Å². The lowest BCUT2D eigenvalue weighted by Crippen LogP contribution is -2.32. The Kier molecular flexibility index (Phi) is 5.32. The number of aryl methyl sites for hydroxylation is 2. The molecule has 6 heteroatoms. The van der Waals surface area contributed by atoms with Crippen LogP contribution in [0.4, 0.5) is 5.69 Å². The van der Waals surface area contributed by atoms with E-state index in [-0.39, 0.29) is 16.8 Å². The highest BCUT2D eigenvalue weighted by molar-refractivity contribution is 7.92. The summed E-state index contributed by atoms with van der Waals surface area (Å²) in [4.78, 5) is 12.5. The Morgan fingerprint density at radius 1 is 1.00 bits per heavy atom. The van der Waals surface area contributed by atoms with Gasteiger partial charge in [0, 0.05) is 11.6 Å². The Bertz CT molecular complexity index is 896. The molecule has 1 amide bonds. The molecule has 5 nitrogen and oxygen atoms in total. The number of amides is 1. The maximum absolute atomic E-state index is 12.8. The van der Waals surface area contributed by atoms with Crippen LogP contribution in [0.5, 0.6) is 0 Å². The summed E-state index contributed by atoms with van der Waals surface area (Å²) in [6.45, 7) is 3.71. The molecule has 0 spiro atoms. The van der Waals surface area contributed by atoms with E-state index < -0.39 is 10.0 Å². The molecule has 0 bridgehead atoms. The number of hydrogen-bond donors (Lipinski definition) is 2. The molecule has 0 unspecified atom stereocenters. The van der Waals surface area contributed by atoms with Crippen LogP contribution in [0, 0.1) is 13.8 Å². The standard InChI is InChI=1S/C20H24N2O3S/c1-14-7-5-8-15(2)19(14)22-26(24,25)18-12-6-9-16(13-18)20(23)21-17-10-3-4-11-17/h5-9,12-13,17,22H,3-4,10-11H2,1-2H3,(H,21,23). The molecule has 138 valence electrons. The lowest BCUT2D eigenvalue weighted by Gasteiger charge is -2.15. The highest BCUT2D eigenvalue weighted by Gasteiger charge is 2.21. The number of anilines is 1. The molecule has 0 aliphatic heterocycles. The van der Waals surface area contributed by atoms with Gasteiger partial charge in [0.05, 0.1) is 10.6 Å². The number of hydrogen-bond acceptors (Lipinski definition) is 3. The van der Waals surface area contributed by atoms with Crippen LogP contribution in [0.15, 0.2) is 47.4 Å². The molecular weight excluding hydrogens is 348 g/mol. The van der Waals surface area contributed by atoms with Crippen molar-refractivity contribution in [3.05, 3.63) is 59.2 Å². The molecule has 2 aromatic carbocycles.